The molecular formula is C15H19N3OS. The van der Waals surface area contributed by atoms with E-state index in [4.69, 9.17) is 5.73 Å². The van der Waals surface area contributed by atoms with E-state index < -0.39 is 0 Å². The topological polar surface area (TPSA) is 51.3 Å². The standard InChI is InChI=1S/C15H19N3OS/c16-12-4-1-8-18(10-12)15(19)14-6-2-7-17(14)11-13-5-3-9-20-13/h2-3,5-7,9,12H,1,4,8,10-11,16H2. The molecule has 0 spiro atoms. The summed E-state index contributed by atoms with van der Waals surface area (Å²) in [6.45, 7) is 2.24. The van der Waals surface area contributed by atoms with Crippen molar-refractivity contribution in [1.29, 1.82) is 0 Å². The van der Waals surface area contributed by atoms with Crippen molar-refractivity contribution < 1.29 is 4.79 Å². The number of thiophene rings is 1. The van der Waals surface area contributed by atoms with E-state index in [2.05, 4.69) is 11.4 Å². The molecule has 106 valence electrons. The van der Waals surface area contributed by atoms with Crippen LogP contribution in [0.3, 0.4) is 0 Å². The van der Waals surface area contributed by atoms with E-state index in [-0.39, 0.29) is 11.9 Å². The van der Waals surface area contributed by atoms with Crippen LogP contribution in [0.4, 0.5) is 0 Å². The van der Waals surface area contributed by atoms with E-state index >= 15 is 0 Å². The van der Waals surface area contributed by atoms with Crippen molar-refractivity contribution >= 4 is 17.2 Å². The second kappa shape index (κ2) is 5.81. The van der Waals surface area contributed by atoms with Gasteiger partial charge in [0.2, 0.25) is 0 Å². The Bertz CT molecular complexity index is 576. The Kier molecular flexibility index (Phi) is 3.89. The number of hydrogen-bond donors (Lipinski definition) is 1. The lowest BCUT2D eigenvalue weighted by atomic mass is 10.1. The van der Waals surface area contributed by atoms with E-state index in [1.165, 1.54) is 4.88 Å². The van der Waals surface area contributed by atoms with E-state index in [0.29, 0.717) is 6.54 Å². The SMILES string of the molecule is NC1CCCN(C(=O)c2cccn2Cc2cccs2)C1. The first kappa shape index (κ1) is 13.4. The van der Waals surface area contributed by atoms with E-state index in [1.54, 1.807) is 11.3 Å². The third-order valence-electron chi connectivity index (χ3n) is 3.70. The van der Waals surface area contributed by atoms with Crippen molar-refractivity contribution in [2.24, 2.45) is 5.73 Å². The van der Waals surface area contributed by atoms with Gasteiger partial charge in [0.05, 0.1) is 6.54 Å². The summed E-state index contributed by atoms with van der Waals surface area (Å²) < 4.78 is 2.02. The van der Waals surface area contributed by atoms with Gasteiger partial charge in [-0.2, -0.15) is 0 Å². The molecule has 1 unspecified atom stereocenters. The highest BCUT2D eigenvalue weighted by atomic mass is 32.1. The molecule has 0 saturated carbocycles. The van der Waals surface area contributed by atoms with E-state index in [1.807, 2.05) is 33.9 Å². The normalized spacial score (nSPS) is 19.2. The molecular weight excluding hydrogens is 270 g/mol. The maximum absolute atomic E-state index is 12.6. The summed E-state index contributed by atoms with van der Waals surface area (Å²) in [5, 5.41) is 2.06. The lowest BCUT2D eigenvalue weighted by Gasteiger charge is -2.31. The zero-order valence-electron chi connectivity index (χ0n) is 11.4. The number of piperidine rings is 1. The summed E-state index contributed by atoms with van der Waals surface area (Å²) in [7, 11) is 0. The van der Waals surface area contributed by atoms with Crippen LogP contribution >= 0.6 is 11.3 Å². The van der Waals surface area contributed by atoms with Gasteiger partial charge < -0.3 is 15.2 Å². The summed E-state index contributed by atoms with van der Waals surface area (Å²) in [5.41, 5.74) is 6.72. The van der Waals surface area contributed by atoms with Crippen molar-refractivity contribution in [2.45, 2.75) is 25.4 Å². The van der Waals surface area contributed by atoms with Crippen LogP contribution in [-0.4, -0.2) is 34.5 Å². The Balaban J connectivity index is 1.76. The molecule has 1 aliphatic rings. The summed E-state index contributed by atoms with van der Waals surface area (Å²) in [6, 6.07) is 8.08. The Morgan fingerprint density at radius 1 is 1.40 bits per heavy atom. The predicted molar refractivity (Wildman–Crippen MR) is 81.0 cm³/mol. The molecule has 2 aromatic rings. The highest BCUT2D eigenvalue weighted by molar-refractivity contribution is 7.09. The number of aromatic nitrogens is 1. The molecule has 1 aliphatic heterocycles. The number of nitrogens with zero attached hydrogens (tertiary/aromatic N) is 2. The summed E-state index contributed by atoms with van der Waals surface area (Å²) >= 11 is 1.71. The van der Waals surface area contributed by atoms with Gasteiger partial charge in [-0.1, -0.05) is 6.07 Å². The molecule has 3 heterocycles. The molecule has 20 heavy (non-hydrogen) atoms. The number of carbonyl (C=O) groups is 1. The number of carbonyl (C=O) groups excluding carboxylic acids is 1. The van der Waals surface area contributed by atoms with E-state index in [0.717, 1.165) is 31.6 Å². The van der Waals surface area contributed by atoms with E-state index in [9.17, 15) is 4.79 Å². The fourth-order valence-corrected chi connectivity index (χ4v) is 3.38. The number of rotatable bonds is 3. The smallest absolute Gasteiger partial charge is 0.270 e. The Morgan fingerprint density at radius 3 is 3.05 bits per heavy atom. The van der Waals surface area contributed by atoms with Gasteiger partial charge in [0.25, 0.3) is 5.91 Å². The van der Waals surface area contributed by atoms with Gasteiger partial charge in [0, 0.05) is 30.2 Å². The van der Waals surface area contributed by atoms with Crippen LogP contribution < -0.4 is 5.73 Å². The molecule has 0 aromatic carbocycles. The Hall–Kier alpha value is -1.59. The van der Waals surface area contributed by atoms with Gasteiger partial charge in [-0.15, -0.1) is 11.3 Å². The number of likely N-dealkylation sites (tertiary alicyclic amines) is 1. The van der Waals surface area contributed by atoms with Crippen molar-refractivity contribution in [3.8, 4) is 0 Å². The van der Waals surface area contributed by atoms with Crippen LogP contribution in [0, 0.1) is 0 Å². The summed E-state index contributed by atoms with van der Waals surface area (Å²) in [5.74, 6) is 0.0988. The average Bonchev–Trinajstić information content (AvgIpc) is 3.10. The molecule has 1 saturated heterocycles. The minimum Gasteiger partial charge on any atom is -0.338 e. The lowest BCUT2D eigenvalue weighted by molar-refractivity contribution is 0.0698. The van der Waals surface area contributed by atoms with Crippen molar-refractivity contribution in [3.05, 3.63) is 46.4 Å². The van der Waals surface area contributed by atoms with Crippen molar-refractivity contribution in [3.63, 3.8) is 0 Å². The van der Waals surface area contributed by atoms with Crippen LogP contribution in [0.15, 0.2) is 35.8 Å². The van der Waals surface area contributed by atoms with Crippen LogP contribution in [0.1, 0.15) is 28.2 Å². The van der Waals surface area contributed by atoms with Crippen LogP contribution in [0.5, 0.6) is 0 Å². The molecule has 2 aromatic heterocycles. The minimum absolute atomic E-state index is 0.0988. The molecule has 0 aliphatic carbocycles. The fraction of sp³-hybridized carbons (Fsp3) is 0.400. The maximum Gasteiger partial charge on any atom is 0.270 e. The van der Waals surface area contributed by atoms with Crippen molar-refractivity contribution in [2.75, 3.05) is 13.1 Å². The fourth-order valence-electron chi connectivity index (χ4n) is 2.67. The second-order valence-electron chi connectivity index (χ2n) is 5.25. The van der Waals surface area contributed by atoms with Crippen molar-refractivity contribution in [1.82, 2.24) is 9.47 Å². The van der Waals surface area contributed by atoms with Crippen LogP contribution in [-0.2, 0) is 6.54 Å². The third-order valence-corrected chi connectivity index (χ3v) is 4.56. The van der Waals surface area contributed by atoms with Gasteiger partial charge in [-0.3, -0.25) is 4.79 Å². The van der Waals surface area contributed by atoms with Gasteiger partial charge in [-0.05, 0) is 36.4 Å². The quantitative estimate of drug-likeness (QED) is 0.941. The first-order chi connectivity index (χ1) is 9.74. The van der Waals surface area contributed by atoms with Gasteiger partial charge in [0.15, 0.2) is 0 Å². The molecule has 0 bridgehead atoms. The molecule has 0 radical (unpaired) electrons. The Labute approximate surface area is 122 Å². The summed E-state index contributed by atoms with van der Waals surface area (Å²) in [6.07, 6.45) is 3.98. The molecule has 1 fully saturated rings. The molecule has 4 nitrogen and oxygen atoms in total. The highest BCUT2D eigenvalue weighted by Crippen LogP contribution is 2.16. The van der Waals surface area contributed by atoms with Crippen LogP contribution in [0.2, 0.25) is 0 Å². The largest absolute Gasteiger partial charge is 0.338 e. The molecule has 5 heteroatoms. The molecule has 2 N–H and O–H groups in total. The van der Waals surface area contributed by atoms with Crippen LogP contribution in [0.25, 0.3) is 0 Å². The van der Waals surface area contributed by atoms with Gasteiger partial charge in [-0.25, -0.2) is 0 Å². The summed E-state index contributed by atoms with van der Waals surface area (Å²) in [4.78, 5) is 15.7. The second-order valence-corrected chi connectivity index (χ2v) is 6.29. The number of hydrogen-bond acceptors (Lipinski definition) is 3. The zero-order chi connectivity index (χ0) is 13.9. The third kappa shape index (κ3) is 2.78. The van der Waals surface area contributed by atoms with Gasteiger partial charge >= 0.3 is 0 Å². The van der Waals surface area contributed by atoms with Gasteiger partial charge in [0.1, 0.15) is 5.69 Å². The maximum atomic E-state index is 12.6. The zero-order valence-corrected chi connectivity index (χ0v) is 12.2. The molecule has 1 atom stereocenters. The molecule has 1 amide bonds. The Morgan fingerprint density at radius 2 is 2.30 bits per heavy atom. The number of nitrogens with two attached hydrogens (primary N) is 1. The highest BCUT2D eigenvalue weighted by Gasteiger charge is 2.24. The number of amides is 1. The lowest BCUT2D eigenvalue weighted by Crippen LogP contribution is -2.46. The minimum atomic E-state index is 0.0988. The molecule has 3 rings (SSSR count). The average molecular weight is 289 g/mol. The predicted octanol–water partition coefficient (Wildman–Crippen LogP) is 2.16. The monoisotopic (exact) mass is 289 g/mol. The first-order valence-corrected chi connectivity index (χ1v) is 7.84. The first-order valence-electron chi connectivity index (χ1n) is 6.96.